The lowest BCUT2D eigenvalue weighted by Gasteiger charge is -2.32. The van der Waals surface area contributed by atoms with Gasteiger partial charge in [-0.15, -0.1) is 0 Å². The van der Waals surface area contributed by atoms with E-state index in [1.165, 1.54) is 25.3 Å². The van der Waals surface area contributed by atoms with Gasteiger partial charge in [0.15, 0.2) is 0 Å². The maximum Gasteiger partial charge on any atom is 0.317 e. The molecule has 1 heterocycles. The maximum atomic E-state index is 12.6. The van der Waals surface area contributed by atoms with E-state index in [0.29, 0.717) is 25.2 Å². The van der Waals surface area contributed by atoms with Crippen LogP contribution in [0.4, 0.5) is 16.2 Å². The molecule has 3 amide bonds. The van der Waals surface area contributed by atoms with Crippen molar-refractivity contribution in [3.05, 3.63) is 28.3 Å². The van der Waals surface area contributed by atoms with Crippen LogP contribution >= 0.6 is 0 Å². The molecule has 1 atom stereocenters. The predicted octanol–water partition coefficient (Wildman–Crippen LogP) is 2.13. The molecule has 0 spiro atoms. The molecule has 0 bridgehead atoms. The van der Waals surface area contributed by atoms with Gasteiger partial charge >= 0.3 is 6.03 Å². The third-order valence-electron chi connectivity index (χ3n) is 4.64. The normalized spacial score (nSPS) is 19.6. The van der Waals surface area contributed by atoms with E-state index in [2.05, 4.69) is 10.6 Å². The number of amides is 3. The van der Waals surface area contributed by atoms with Gasteiger partial charge in [0.05, 0.1) is 29.7 Å². The van der Waals surface area contributed by atoms with Crippen LogP contribution in [0.5, 0.6) is 5.75 Å². The SMILES string of the molecule is COc1cc([N+](=O)[O-])ccc1NC(=O)C1CCCN(C(=O)NC2CC2)C1. The van der Waals surface area contributed by atoms with Gasteiger partial charge in [-0.25, -0.2) is 4.79 Å². The van der Waals surface area contributed by atoms with Crippen LogP contribution in [0.3, 0.4) is 0 Å². The number of nitro benzene ring substituents is 1. The summed E-state index contributed by atoms with van der Waals surface area (Å²) in [5.41, 5.74) is 0.267. The smallest absolute Gasteiger partial charge is 0.317 e. The first-order valence-corrected chi connectivity index (χ1v) is 8.66. The van der Waals surface area contributed by atoms with Gasteiger partial charge in [-0.3, -0.25) is 14.9 Å². The molecule has 3 rings (SSSR count). The van der Waals surface area contributed by atoms with Crippen molar-refractivity contribution < 1.29 is 19.2 Å². The highest BCUT2D eigenvalue weighted by Gasteiger charge is 2.31. The molecule has 1 aliphatic heterocycles. The molecule has 1 unspecified atom stereocenters. The summed E-state index contributed by atoms with van der Waals surface area (Å²) in [6, 6.07) is 4.20. The Kier molecular flexibility index (Phi) is 5.24. The second-order valence-corrected chi connectivity index (χ2v) is 6.64. The van der Waals surface area contributed by atoms with Crippen molar-refractivity contribution in [3.8, 4) is 5.75 Å². The van der Waals surface area contributed by atoms with Crippen molar-refractivity contribution in [1.82, 2.24) is 10.2 Å². The number of carbonyl (C=O) groups is 2. The van der Waals surface area contributed by atoms with Crippen LogP contribution < -0.4 is 15.4 Å². The molecule has 1 aromatic rings. The standard InChI is InChI=1S/C17H22N4O5/c1-26-15-9-13(21(24)25)6-7-14(15)19-16(22)11-3-2-8-20(10-11)17(23)18-12-4-5-12/h6-7,9,11-12H,2-5,8,10H2,1H3,(H,18,23)(H,19,22). The van der Waals surface area contributed by atoms with Crippen LogP contribution in [0, 0.1) is 16.0 Å². The molecular formula is C17H22N4O5. The van der Waals surface area contributed by atoms with Gasteiger partial charge in [-0.2, -0.15) is 0 Å². The van der Waals surface area contributed by atoms with Crippen molar-refractivity contribution >= 4 is 23.3 Å². The molecule has 0 radical (unpaired) electrons. The number of rotatable bonds is 5. The molecule has 2 fully saturated rings. The number of likely N-dealkylation sites (tertiary alicyclic amines) is 1. The van der Waals surface area contributed by atoms with E-state index < -0.39 is 4.92 Å². The first-order chi connectivity index (χ1) is 12.5. The Hall–Kier alpha value is -2.84. The average molecular weight is 362 g/mol. The van der Waals surface area contributed by atoms with Gasteiger partial charge < -0.3 is 20.3 Å². The lowest BCUT2D eigenvalue weighted by atomic mass is 9.97. The van der Waals surface area contributed by atoms with E-state index in [1.807, 2.05) is 0 Å². The number of nitrogens with one attached hydrogen (secondary N) is 2. The van der Waals surface area contributed by atoms with Crippen molar-refractivity contribution in [1.29, 1.82) is 0 Å². The van der Waals surface area contributed by atoms with Crippen molar-refractivity contribution in [2.75, 3.05) is 25.5 Å². The third kappa shape index (κ3) is 4.22. The van der Waals surface area contributed by atoms with E-state index in [9.17, 15) is 19.7 Å². The highest BCUT2D eigenvalue weighted by atomic mass is 16.6. The Morgan fingerprint density at radius 3 is 2.73 bits per heavy atom. The Balaban J connectivity index is 1.63. The first kappa shape index (κ1) is 18.0. The van der Waals surface area contributed by atoms with Crippen molar-refractivity contribution in [2.45, 2.75) is 31.7 Å². The van der Waals surface area contributed by atoms with Gasteiger partial charge in [0.2, 0.25) is 5.91 Å². The molecule has 9 nitrogen and oxygen atoms in total. The largest absolute Gasteiger partial charge is 0.494 e. The summed E-state index contributed by atoms with van der Waals surface area (Å²) in [5, 5.41) is 16.6. The summed E-state index contributed by atoms with van der Waals surface area (Å²) in [7, 11) is 1.39. The number of non-ortho nitro benzene ring substituents is 1. The molecule has 1 saturated carbocycles. The van der Waals surface area contributed by atoms with Crippen LogP contribution in [0.25, 0.3) is 0 Å². The summed E-state index contributed by atoms with van der Waals surface area (Å²) in [5.74, 6) is -0.318. The molecule has 0 aromatic heterocycles. The Labute approximate surface area is 150 Å². The number of piperidine rings is 1. The number of nitrogens with zero attached hydrogens (tertiary/aromatic N) is 2. The van der Waals surface area contributed by atoms with Crippen LogP contribution in [0.1, 0.15) is 25.7 Å². The zero-order valence-electron chi connectivity index (χ0n) is 14.6. The number of hydrogen-bond donors (Lipinski definition) is 2. The van der Waals surface area contributed by atoms with Gasteiger partial charge in [0.25, 0.3) is 5.69 Å². The maximum absolute atomic E-state index is 12.6. The van der Waals surface area contributed by atoms with Gasteiger partial charge in [0.1, 0.15) is 5.75 Å². The van der Waals surface area contributed by atoms with E-state index in [4.69, 9.17) is 4.74 Å². The minimum Gasteiger partial charge on any atom is -0.494 e. The Morgan fingerprint density at radius 1 is 1.31 bits per heavy atom. The zero-order valence-corrected chi connectivity index (χ0v) is 14.6. The predicted molar refractivity (Wildman–Crippen MR) is 94.1 cm³/mol. The van der Waals surface area contributed by atoms with Crippen molar-refractivity contribution in [3.63, 3.8) is 0 Å². The number of methoxy groups -OCH3 is 1. The highest BCUT2D eigenvalue weighted by molar-refractivity contribution is 5.94. The molecule has 1 aliphatic carbocycles. The molecule has 2 N–H and O–H groups in total. The molecular weight excluding hydrogens is 340 g/mol. The number of carbonyl (C=O) groups excluding carboxylic acids is 2. The Morgan fingerprint density at radius 2 is 2.08 bits per heavy atom. The number of hydrogen-bond acceptors (Lipinski definition) is 5. The fraction of sp³-hybridized carbons (Fsp3) is 0.529. The zero-order chi connectivity index (χ0) is 18.7. The van der Waals surface area contributed by atoms with E-state index in [0.717, 1.165) is 19.3 Å². The summed E-state index contributed by atoms with van der Waals surface area (Å²) >= 11 is 0. The fourth-order valence-corrected chi connectivity index (χ4v) is 3.00. The van der Waals surface area contributed by atoms with E-state index >= 15 is 0 Å². The van der Waals surface area contributed by atoms with Crippen LogP contribution in [0.2, 0.25) is 0 Å². The third-order valence-corrected chi connectivity index (χ3v) is 4.64. The minimum absolute atomic E-state index is 0.111. The molecule has 140 valence electrons. The molecule has 1 aromatic carbocycles. The number of nitro groups is 1. The monoisotopic (exact) mass is 362 g/mol. The number of urea groups is 1. The van der Waals surface area contributed by atoms with Gasteiger partial charge in [-0.05, 0) is 31.7 Å². The topological polar surface area (TPSA) is 114 Å². The summed E-state index contributed by atoms with van der Waals surface area (Å²) < 4.78 is 5.14. The summed E-state index contributed by atoms with van der Waals surface area (Å²) in [4.78, 5) is 36.8. The van der Waals surface area contributed by atoms with E-state index in [-0.39, 0.29) is 35.3 Å². The van der Waals surface area contributed by atoms with Crippen LogP contribution in [-0.4, -0.2) is 48.0 Å². The lowest BCUT2D eigenvalue weighted by Crippen LogP contribution is -2.48. The van der Waals surface area contributed by atoms with Crippen molar-refractivity contribution in [2.24, 2.45) is 5.92 Å². The van der Waals surface area contributed by atoms with E-state index in [1.54, 1.807) is 4.90 Å². The van der Waals surface area contributed by atoms with Gasteiger partial charge in [0, 0.05) is 25.2 Å². The molecule has 9 heteroatoms. The minimum atomic E-state index is -0.522. The second-order valence-electron chi connectivity index (χ2n) is 6.64. The van der Waals surface area contributed by atoms with Crippen LogP contribution in [0.15, 0.2) is 18.2 Å². The number of ether oxygens (including phenoxy) is 1. The average Bonchev–Trinajstić information content (AvgIpc) is 3.45. The number of benzene rings is 1. The number of anilines is 1. The molecule has 1 saturated heterocycles. The Bertz CT molecular complexity index is 719. The summed E-state index contributed by atoms with van der Waals surface area (Å²) in [6.45, 7) is 1.00. The molecule has 26 heavy (non-hydrogen) atoms. The lowest BCUT2D eigenvalue weighted by molar-refractivity contribution is -0.384. The highest BCUT2D eigenvalue weighted by Crippen LogP contribution is 2.30. The fourth-order valence-electron chi connectivity index (χ4n) is 3.00. The quantitative estimate of drug-likeness (QED) is 0.615. The first-order valence-electron chi connectivity index (χ1n) is 8.66. The molecule has 2 aliphatic rings. The summed E-state index contributed by atoms with van der Waals surface area (Å²) in [6.07, 6.45) is 3.48. The van der Waals surface area contributed by atoms with Crippen LogP contribution in [-0.2, 0) is 4.79 Å². The van der Waals surface area contributed by atoms with Gasteiger partial charge in [-0.1, -0.05) is 0 Å². The second kappa shape index (κ2) is 7.59.